The van der Waals surface area contributed by atoms with Crippen molar-refractivity contribution in [1.29, 1.82) is 0 Å². The minimum absolute atomic E-state index is 0.0503. The van der Waals surface area contributed by atoms with Gasteiger partial charge < -0.3 is 24.3 Å². The average Bonchev–Trinajstić information content (AvgIpc) is 3.83. The van der Waals surface area contributed by atoms with Gasteiger partial charge in [0.25, 0.3) is 11.8 Å². The number of hydrogen-bond acceptors (Lipinski definition) is 10. The number of aryl methyl sites for hydroxylation is 1. The molecule has 2 amide bonds. The standard InChI is InChI=1S/C34H41N7O4S/c1-22-21-46-29(35-22)26-14-11-17-41(26)30(42)24-18-25(36-27(19-24)40-15-9-10-16-40)28-38-39-31(44-28)34(5,20-23-12-7-6-8-13-23)37-32(43)45-33(2,3)4/h6-8,12-13,18-19,21,26H,9-11,14-17,20H2,1-5H3,(H,37,43)/t26-,34-/m1/s1. The topological polar surface area (TPSA) is 127 Å². The van der Waals surface area contributed by atoms with Gasteiger partial charge in [-0.15, -0.1) is 21.5 Å². The van der Waals surface area contributed by atoms with Crippen LogP contribution in [-0.2, 0) is 16.7 Å². The van der Waals surface area contributed by atoms with Crippen LogP contribution in [0.2, 0.25) is 0 Å². The van der Waals surface area contributed by atoms with Crippen LogP contribution in [0.4, 0.5) is 10.6 Å². The normalized spacial score (nSPS) is 18.1. The van der Waals surface area contributed by atoms with Crippen molar-refractivity contribution in [2.24, 2.45) is 0 Å². The molecule has 0 radical (unpaired) electrons. The summed E-state index contributed by atoms with van der Waals surface area (Å²) in [6.07, 6.45) is 3.71. The fraction of sp³-hybridized carbons (Fsp3) is 0.471. The molecule has 46 heavy (non-hydrogen) atoms. The SMILES string of the molecule is Cc1csc([C@H]2CCCN2C(=O)c2cc(-c3nnc([C@@](C)(Cc4ccccc4)NC(=O)OC(C)(C)C)o3)nc(N3CCCC3)c2)n1. The van der Waals surface area contributed by atoms with E-state index < -0.39 is 17.2 Å². The van der Waals surface area contributed by atoms with Crippen molar-refractivity contribution in [2.75, 3.05) is 24.5 Å². The smallest absolute Gasteiger partial charge is 0.408 e. The Kier molecular flexibility index (Phi) is 8.82. The third-order valence-corrected chi connectivity index (χ3v) is 9.28. The van der Waals surface area contributed by atoms with E-state index in [0.29, 0.717) is 30.0 Å². The second-order valence-electron chi connectivity index (χ2n) is 13.3. The van der Waals surface area contributed by atoms with Crippen LogP contribution >= 0.6 is 11.3 Å². The Morgan fingerprint density at radius 2 is 1.78 bits per heavy atom. The second kappa shape index (κ2) is 12.8. The van der Waals surface area contributed by atoms with Crippen LogP contribution in [0.25, 0.3) is 11.6 Å². The molecular formula is C34H41N7O4S. The van der Waals surface area contributed by atoms with E-state index in [2.05, 4.69) is 20.4 Å². The Hall–Kier alpha value is -4.32. The number of rotatable bonds is 8. The highest BCUT2D eigenvalue weighted by atomic mass is 32.1. The molecule has 5 heterocycles. The molecule has 3 aromatic heterocycles. The van der Waals surface area contributed by atoms with Crippen molar-refractivity contribution in [3.63, 3.8) is 0 Å². The number of anilines is 1. The second-order valence-corrected chi connectivity index (χ2v) is 14.2. The van der Waals surface area contributed by atoms with E-state index in [9.17, 15) is 9.59 Å². The minimum Gasteiger partial charge on any atom is -0.444 e. The minimum atomic E-state index is -1.09. The Balaban J connectivity index is 1.35. The summed E-state index contributed by atoms with van der Waals surface area (Å²) < 4.78 is 11.9. The summed E-state index contributed by atoms with van der Waals surface area (Å²) in [5, 5.41) is 14.8. The lowest BCUT2D eigenvalue weighted by Crippen LogP contribution is -2.47. The van der Waals surface area contributed by atoms with Gasteiger partial charge in [0.1, 0.15) is 27.7 Å². The summed E-state index contributed by atoms with van der Waals surface area (Å²) in [7, 11) is 0. The molecule has 2 aliphatic heterocycles. The molecule has 2 aliphatic rings. The van der Waals surface area contributed by atoms with E-state index in [-0.39, 0.29) is 23.7 Å². The molecule has 6 rings (SSSR count). The van der Waals surface area contributed by atoms with Crippen LogP contribution in [0.15, 0.2) is 52.3 Å². The average molecular weight is 644 g/mol. The van der Waals surface area contributed by atoms with Crippen molar-refractivity contribution in [3.8, 4) is 11.6 Å². The summed E-state index contributed by atoms with van der Waals surface area (Å²) in [6.45, 7) is 11.6. The molecule has 0 saturated carbocycles. The molecule has 0 unspecified atom stereocenters. The first-order valence-corrected chi connectivity index (χ1v) is 16.7. The number of alkyl carbamates (subject to hydrolysis) is 1. The zero-order valence-corrected chi connectivity index (χ0v) is 27.9. The van der Waals surface area contributed by atoms with E-state index in [1.165, 1.54) is 0 Å². The molecule has 11 nitrogen and oxygen atoms in total. The van der Waals surface area contributed by atoms with Crippen LogP contribution in [0.3, 0.4) is 0 Å². The van der Waals surface area contributed by atoms with Gasteiger partial charge in [-0.3, -0.25) is 4.79 Å². The first kappa shape index (κ1) is 31.7. The Morgan fingerprint density at radius 1 is 1.02 bits per heavy atom. The quantitative estimate of drug-likeness (QED) is 0.230. The molecule has 0 bridgehead atoms. The van der Waals surface area contributed by atoms with Crippen LogP contribution in [0, 0.1) is 6.92 Å². The van der Waals surface area contributed by atoms with Gasteiger partial charge in [0.15, 0.2) is 0 Å². The van der Waals surface area contributed by atoms with Crippen LogP contribution < -0.4 is 10.2 Å². The van der Waals surface area contributed by atoms with Gasteiger partial charge >= 0.3 is 6.09 Å². The fourth-order valence-electron chi connectivity index (χ4n) is 6.07. The highest BCUT2D eigenvalue weighted by Gasteiger charge is 2.38. The molecular weight excluding hydrogens is 602 g/mol. The first-order valence-electron chi connectivity index (χ1n) is 15.9. The predicted molar refractivity (Wildman–Crippen MR) is 176 cm³/mol. The Labute approximate surface area is 273 Å². The van der Waals surface area contributed by atoms with Gasteiger partial charge in [0, 0.05) is 42.7 Å². The van der Waals surface area contributed by atoms with E-state index >= 15 is 0 Å². The van der Waals surface area contributed by atoms with Crippen LogP contribution in [-0.4, -0.2) is 62.3 Å². The fourth-order valence-corrected chi connectivity index (χ4v) is 7.01. The van der Waals surface area contributed by atoms with Crippen molar-refractivity contribution in [2.45, 2.75) is 83.9 Å². The molecule has 2 fully saturated rings. The predicted octanol–water partition coefficient (Wildman–Crippen LogP) is 6.46. The van der Waals surface area contributed by atoms with Crippen molar-refractivity contribution in [1.82, 2.24) is 30.4 Å². The van der Waals surface area contributed by atoms with Crippen LogP contribution in [0.1, 0.15) is 91.9 Å². The number of hydrogen-bond donors (Lipinski definition) is 1. The first-order chi connectivity index (χ1) is 22.0. The lowest BCUT2D eigenvalue weighted by molar-refractivity contribution is 0.0443. The summed E-state index contributed by atoms with van der Waals surface area (Å²) in [5.74, 6) is 1.01. The van der Waals surface area contributed by atoms with Crippen molar-refractivity contribution in [3.05, 3.63) is 75.6 Å². The van der Waals surface area contributed by atoms with Gasteiger partial charge in [-0.25, -0.2) is 14.8 Å². The summed E-state index contributed by atoms with van der Waals surface area (Å²) >= 11 is 1.60. The summed E-state index contributed by atoms with van der Waals surface area (Å²) in [5.41, 5.74) is 1.09. The Bertz CT molecular complexity index is 1690. The largest absolute Gasteiger partial charge is 0.444 e. The van der Waals surface area contributed by atoms with E-state index in [4.69, 9.17) is 19.1 Å². The molecule has 1 aromatic carbocycles. The van der Waals surface area contributed by atoms with Gasteiger partial charge in [0.2, 0.25) is 5.89 Å². The molecule has 4 aromatic rings. The number of carbonyl (C=O) groups is 2. The van der Waals surface area contributed by atoms with Crippen molar-refractivity contribution < 1.29 is 18.7 Å². The van der Waals surface area contributed by atoms with E-state index in [0.717, 1.165) is 55.0 Å². The molecule has 2 atom stereocenters. The monoisotopic (exact) mass is 643 g/mol. The number of benzene rings is 1. The maximum absolute atomic E-state index is 14.1. The number of nitrogens with one attached hydrogen (secondary N) is 1. The molecule has 0 aliphatic carbocycles. The lowest BCUT2D eigenvalue weighted by Gasteiger charge is -2.29. The summed E-state index contributed by atoms with van der Waals surface area (Å²) in [4.78, 5) is 40.8. The number of nitrogens with zero attached hydrogens (tertiary/aromatic N) is 6. The zero-order chi connectivity index (χ0) is 32.5. The lowest BCUT2D eigenvalue weighted by atomic mass is 9.92. The van der Waals surface area contributed by atoms with E-state index in [1.807, 2.05) is 81.3 Å². The molecule has 1 N–H and O–H groups in total. The van der Waals surface area contributed by atoms with Gasteiger partial charge in [-0.05, 0) is 78.0 Å². The van der Waals surface area contributed by atoms with Gasteiger partial charge in [0.05, 0.1) is 6.04 Å². The number of amides is 2. The number of pyridine rings is 1. The van der Waals surface area contributed by atoms with Gasteiger partial charge in [-0.1, -0.05) is 30.3 Å². The number of thiazole rings is 1. The zero-order valence-electron chi connectivity index (χ0n) is 27.1. The van der Waals surface area contributed by atoms with Crippen LogP contribution in [0.5, 0.6) is 0 Å². The maximum Gasteiger partial charge on any atom is 0.408 e. The third kappa shape index (κ3) is 7.06. The number of likely N-dealkylation sites (tertiary alicyclic amines) is 1. The number of aromatic nitrogens is 4. The third-order valence-electron chi connectivity index (χ3n) is 8.22. The molecule has 242 valence electrons. The van der Waals surface area contributed by atoms with E-state index in [1.54, 1.807) is 17.4 Å². The number of carbonyl (C=O) groups excluding carboxylic acids is 2. The molecule has 0 spiro atoms. The summed E-state index contributed by atoms with van der Waals surface area (Å²) in [6, 6.07) is 13.3. The highest BCUT2D eigenvalue weighted by Crippen LogP contribution is 2.36. The van der Waals surface area contributed by atoms with Gasteiger partial charge in [-0.2, -0.15) is 0 Å². The Morgan fingerprint density at radius 3 is 2.48 bits per heavy atom. The highest BCUT2D eigenvalue weighted by molar-refractivity contribution is 7.09. The number of ether oxygens (including phenoxy) is 1. The molecule has 2 saturated heterocycles. The molecule has 12 heteroatoms. The maximum atomic E-state index is 14.1. The van der Waals surface area contributed by atoms with Crippen molar-refractivity contribution >= 4 is 29.2 Å².